The Balaban J connectivity index is 0.00000392. The van der Waals surface area contributed by atoms with Gasteiger partial charge in [0, 0.05) is 18.3 Å². The van der Waals surface area contributed by atoms with E-state index in [1.165, 1.54) is 0 Å². The van der Waals surface area contributed by atoms with Crippen LogP contribution in [0.15, 0.2) is 42.9 Å². The fourth-order valence-electron chi connectivity index (χ4n) is 2.33. The molecule has 2 rings (SSSR count). The maximum atomic E-state index is 11.9. The van der Waals surface area contributed by atoms with Crippen LogP contribution in [0.2, 0.25) is 0 Å². The van der Waals surface area contributed by atoms with Gasteiger partial charge in [0.25, 0.3) is 0 Å². The van der Waals surface area contributed by atoms with Crippen molar-refractivity contribution in [3.8, 4) is 0 Å². The minimum absolute atomic E-state index is 0. The van der Waals surface area contributed by atoms with Gasteiger partial charge < -0.3 is 29.9 Å². The minimum Gasteiger partial charge on any atom is -0.480 e. The quantitative estimate of drug-likeness (QED) is 0.702. The number of aliphatic carboxylic acids is 1. The van der Waals surface area contributed by atoms with Gasteiger partial charge in [-0.15, -0.1) is 0 Å². The van der Waals surface area contributed by atoms with Crippen molar-refractivity contribution < 1.29 is 29.6 Å². The maximum Gasteiger partial charge on any atom is 0.408 e. The van der Waals surface area contributed by atoms with Gasteiger partial charge in [-0.25, -0.2) is 14.6 Å². The monoisotopic (exact) mass is 393 g/mol. The lowest BCUT2D eigenvalue weighted by Crippen LogP contribution is -2.45. The molecule has 2 aromatic rings. The molecule has 0 aliphatic rings. The Morgan fingerprint density at radius 2 is 1.93 bits per heavy atom. The number of carbonyl (C=O) groups is 2. The largest absolute Gasteiger partial charge is 0.480 e. The Labute approximate surface area is 163 Å². The molecule has 28 heavy (non-hydrogen) atoms. The summed E-state index contributed by atoms with van der Waals surface area (Å²) in [5.41, 5.74) is 0.959. The standard InChI is InChI=1S/C19H25N3O5.H2O/c1-19(2,3)27-18(25)21-16(17(23)24)9-15-10-20-12-22(15)13-26-11-14-7-5-4-6-8-14;/h4-8,10,12,16H,9,11,13H2,1-3H3,(H,21,25)(H,23,24);1H2/t16-;/m0./s1. The van der Waals surface area contributed by atoms with Crippen LogP contribution in [0.5, 0.6) is 0 Å². The van der Waals surface area contributed by atoms with Gasteiger partial charge >= 0.3 is 12.1 Å². The van der Waals surface area contributed by atoms with Crippen molar-refractivity contribution in [1.82, 2.24) is 14.9 Å². The number of ether oxygens (including phenoxy) is 2. The molecule has 9 heteroatoms. The molecular weight excluding hydrogens is 366 g/mol. The number of benzene rings is 1. The smallest absolute Gasteiger partial charge is 0.408 e. The first kappa shape index (κ1) is 23.1. The molecule has 1 atom stereocenters. The lowest BCUT2D eigenvalue weighted by Gasteiger charge is -2.22. The van der Waals surface area contributed by atoms with Gasteiger partial charge in [0.1, 0.15) is 18.4 Å². The zero-order valence-electron chi connectivity index (χ0n) is 16.2. The Morgan fingerprint density at radius 1 is 1.25 bits per heavy atom. The highest BCUT2D eigenvalue weighted by atomic mass is 16.6. The van der Waals surface area contributed by atoms with Gasteiger partial charge in [-0.2, -0.15) is 0 Å². The van der Waals surface area contributed by atoms with Crippen LogP contribution >= 0.6 is 0 Å². The topological polar surface area (TPSA) is 134 Å². The number of hydrogen-bond acceptors (Lipinski definition) is 5. The van der Waals surface area contributed by atoms with Crippen LogP contribution in [0.1, 0.15) is 32.0 Å². The molecule has 9 nitrogen and oxygen atoms in total. The lowest BCUT2D eigenvalue weighted by molar-refractivity contribution is -0.139. The number of nitrogens with one attached hydrogen (secondary N) is 1. The number of rotatable bonds is 8. The van der Waals surface area contributed by atoms with E-state index in [-0.39, 0.29) is 18.6 Å². The first-order valence-corrected chi connectivity index (χ1v) is 8.57. The Bertz CT molecular complexity index is 755. The predicted octanol–water partition coefficient (Wildman–Crippen LogP) is 1.75. The first-order valence-electron chi connectivity index (χ1n) is 8.57. The third-order valence-electron chi connectivity index (χ3n) is 3.54. The van der Waals surface area contributed by atoms with E-state index in [0.717, 1.165) is 5.56 Å². The Kier molecular flexibility index (Phi) is 8.62. The van der Waals surface area contributed by atoms with Gasteiger partial charge in [0.05, 0.1) is 12.9 Å². The van der Waals surface area contributed by atoms with Gasteiger partial charge in [-0.05, 0) is 26.3 Å². The molecule has 1 aromatic carbocycles. The van der Waals surface area contributed by atoms with E-state index < -0.39 is 23.7 Å². The number of nitrogens with zero attached hydrogens (tertiary/aromatic N) is 2. The highest BCUT2D eigenvalue weighted by molar-refractivity contribution is 5.80. The third kappa shape index (κ3) is 7.77. The molecule has 0 spiro atoms. The Hall–Kier alpha value is -2.91. The van der Waals surface area contributed by atoms with Crippen LogP contribution in [0.3, 0.4) is 0 Å². The molecule has 1 amide bonds. The molecule has 0 bridgehead atoms. The van der Waals surface area contributed by atoms with Crippen molar-refractivity contribution >= 4 is 12.1 Å². The molecule has 154 valence electrons. The average Bonchev–Trinajstić information content (AvgIpc) is 3.00. The SMILES string of the molecule is CC(C)(C)OC(=O)N[C@@H](Cc1cncn1COCc1ccccc1)C(=O)O.O. The number of aromatic nitrogens is 2. The molecule has 1 heterocycles. The van der Waals surface area contributed by atoms with Crippen LogP contribution < -0.4 is 5.32 Å². The molecule has 0 saturated carbocycles. The Morgan fingerprint density at radius 3 is 2.54 bits per heavy atom. The van der Waals surface area contributed by atoms with Crippen molar-refractivity contribution in [3.63, 3.8) is 0 Å². The predicted molar refractivity (Wildman–Crippen MR) is 102 cm³/mol. The van der Waals surface area contributed by atoms with Gasteiger partial charge in [0.2, 0.25) is 0 Å². The fourth-order valence-corrected chi connectivity index (χ4v) is 2.33. The average molecular weight is 393 g/mol. The summed E-state index contributed by atoms with van der Waals surface area (Å²) in [5, 5.41) is 11.8. The molecule has 0 aliphatic carbocycles. The number of alkyl carbamates (subject to hydrolysis) is 1. The van der Waals surface area contributed by atoms with Gasteiger partial charge in [0.15, 0.2) is 0 Å². The number of carboxylic acid groups (broad SMARTS) is 1. The highest BCUT2D eigenvalue weighted by Gasteiger charge is 2.25. The number of hydrogen-bond donors (Lipinski definition) is 2. The lowest BCUT2D eigenvalue weighted by atomic mass is 10.1. The summed E-state index contributed by atoms with van der Waals surface area (Å²) in [4.78, 5) is 27.4. The summed E-state index contributed by atoms with van der Waals surface area (Å²) in [5.74, 6) is -1.15. The molecule has 1 aromatic heterocycles. The summed E-state index contributed by atoms with van der Waals surface area (Å²) in [7, 11) is 0. The van der Waals surface area contributed by atoms with Gasteiger partial charge in [-0.1, -0.05) is 30.3 Å². The second-order valence-electron chi connectivity index (χ2n) is 7.06. The highest BCUT2D eigenvalue weighted by Crippen LogP contribution is 2.09. The zero-order valence-corrected chi connectivity index (χ0v) is 16.2. The second-order valence-corrected chi connectivity index (χ2v) is 7.06. The number of imidazole rings is 1. The zero-order chi connectivity index (χ0) is 19.9. The normalized spacial score (nSPS) is 12.0. The van der Waals surface area contributed by atoms with Crippen molar-refractivity contribution in [3.05, 3.63) is 54.1 Å². The van der Waals surface area contributed by atoms with Crippen LogP contribution in [0, 0.1) is 0 Å². The summed E-state index contributed by atoms with van der Waals surface area (Å²) in [6.45, 7) is 5.78. The molecule has 0 fully saturated rings. The van der Waals surface area contributed by atoms with Crippen molar-refractivity contribution in [2.24, 2.45) is 0 Å². The van der Waals surface area contributed by atoms with Crippen LogP contribution in [0.25, 0.3) is 0 Å². The van der Waals surface area contributed by atoms with Crippen LogP contribution in [-0.4, -0.2) is 43.8 Å². The van der Waals surface area contributed by atoms with Crippen molar-refractivity contribution in [2.45, 2.75) is 52.2 Å². The fraction of sp³-hybridized carbons (Fsp3) is 0.421. The van der Waals surface area contributed by atoms with Crippen molar-refractivity contribution in [1.29, 1.82) is 0 Å². The van der Waals surface area contributed by atoms with Crippen LogP contribution in [-0.2, 0) is 34.0 Å². The van der Waals surface area contributed by atoms with E-state index in [2.05, 4.69) is 10.3 Å². The van der Waals surface area contributed by atoms with Crippen LogP contribution in [0.4, 0.5) is 4.79 Å². The molecule has 0 saturated heterocycles. The summed E-state index contributed by atoms with van der Waals surface area (Å²) in [6, 6.07) is 8.58. The maximum absolute atomic E-state index is 11.9. The van der Waals surface area contributed by atoms with E-state index in [0.29, 0.717) is 12.3 Å². The first-order chi connectivity index (χ1) is 12.7. The molecular formula is C19H27N3O6. The van der Waals surface area contributed by atoms with Gasteiger partial charge in [-0.3, -0.25) is 0 Å². The molecule has 0 unspecified atom stereocenters. The third-order valence-corrected chi connectivity index (χ3v) is 3.54. The van der Waals surface area contributed by atoms with E-state index >= 15 is 0 Å². The molecule has 0 aliphatic heterocycles. The number of carboxylic acids is 1. The summed E-state index contributed by atoms with van der Waals surface area (Å²) < 4.78 is 12.5. The number of carbonyl (C=O) groups excluding carboxylic acids is 1. The van der Waals surface area contributed by atoms with E-state index in [4.69, 9.17) is 9.47 Å². The second kappa shape index (κ2) is 10.4. The molecule has 0 radical (unpaired) electrons. The van der Waals surface area contributed by atoms with E-state index in [1.54, 1.807) is 37.9 Å². The number of amides is 1. The van der Waals surface area contributed by atoms with E-state index in [1.807, 2.05) is 30.3 Å². The molecule has 4 N–H and O–H groups in total. The van der Waals surface area contributed by atoms with Crippen molar-refractivity contribution in [2.75, 3.05) is 0 Å². The summed E-state index contributed by atoms with van der Waals surface area (Å²) in [6.07, 6.45) is 2.40. The van der Waals surface area contributed by atoms with E-state index in [9.17, 15) is 14.7 Å². The summed E-state index contributed by atoms with van der Waals surface area (Å²) >= 11 is 0. The minimum atomic E-state index is -1.15.